The van der Waals surface area contributed by atoms with Crippen molar-refractivity contribution < 1.29 is 4.79 Å². The van der Waals surface area contributed by atoms with Gasteiger partial charge in [0, 0.05) is 53.9 Å². The van der Waals surface area contributed by atoms with Crippen LogP contribution in [0.1, 0.15) is 22.8 Å². The van der Waals surface area contributed by atoms with Gasteiger partial charge in [-0.15, -0.1) is 0 Å². The number of H-pyrrole nitrogens is 1. The number of aryl methyl sites for hydroxylation is 1. The molecule has 0 amide bonds. The number of ketones is 1. The van der Waals surface area contributed by atoms with Crippen LogP contribution in [0.2, 0.25) is 0 Å². The van der Waals surface area contributed by atoms with Crippen LogP contribution in [0.15, 0.2) is 47.3 Å². The number of piperazine rings is 1. The van der Waals surface area contributed by atoms with Crippen molar-refractivity contribution in [2.24, 2.45) is 0 Å². The maximum absolute atomic E-state index is 12.7. The van der Waals surface area contributed by atoms with E-state index in [9.17, 15) is 9.59 Å². The molecule has 28 heavy (non-hydrogen) atoms. The lowest BCUT2D eigenvalue weighted by atomic mass is 9.98. The molecule has 2 aromatic carbocycles. The molecule has 5 nitrogen and oxygen atoms in total. The molecule has 0 atom stereocenters. The lowest BCUT2D eigenvalue weighted by Crippen LogP contribution is -2.44. The van der Waals surface area contributed by atoms with E-state index < -0.39 is 0 Å². The Morgan fingerprint density at radius 1 is 1.00 bits per heavy atom. The number of carbonyl (C=O) groups is 1. The highest BCUT2D eigenvalue weighted by Crippen LogP contribution is 2.26. The molecule has 5 heteroatoms. The SMILES string of the molecule is CC(=O)c1cc(C)cc2[nH]c(=O)c(-c3ccc(N4CCN(C)CC4)cc3)cc12. The number of aromatic nitrogens is 1. The van der Waals surface area contributed by atoms with Crippen LogP contribution in [0.25, 0.3) is 22.0 Å². The van der Waals surface area contributed by atoms with Gasteiger partial charge < -0.3 is 14.8 Å². The van der Waals surface area contributed by atoms with Crippen molar-refractivity contribution in [3.63, 3.8) is 0 Å². The Balaban J connectivity index is 1.73. The fourth-order valence-corrected chi connectivity index (χ4v) is 3.88. The number of fused-ring (bicyclic) bond motifs is 1. The van der Waals surface area contributed by atoms with Crippen molar-refractivity contribution in [3.05, 3.63) is 63.9 Å². The van der Waals surface area contributed by atoms with E-state index in [1.807, 2.05) is 37.3 Å². The van der Waals surface area contributed by atoms with Gasteiger partial charge in [0.1, 0.15) is 0 Å². The second kappa shape index (κ2) is 7.24. The Hall–Kier alpha value is -2.92. The normalized spacial score (nSPS) is 15.2. The number of aromatic amines is 1. The van der Waals surface area contributed by atoms with Crippen molar-refractivity contribution in [1.82, 2.24) is 9.88 Å². The molecule has 1 fully saturated rings. The Morgan fingerprint density at radius 2 is 1.68 bits per heavy atom. The summed E-state index contributed by atoms with van der Waals surface area (Å²) in [5, 5.41) is 0.788. The van der Waals surface area contributed by atoms with E-state index in [1.54, 1.807) is 6.92 Å². The number of anilines is 1. The van der Waals surface area contributed by atoms with Gasteiger partial charge >= 0.3 is 0 Å². The summed E-state index contributed by atoms with van der Waals surface area (Å²) in [6.07, 6.45) is 0. The quantitative estimate of drug-likeness (QED) is 0.713. The third-order valence-corrected chi connectivity index (χ3v) is 5.53. The maximum Gasteiger partial charge on any atom is 0.256 e. The first-order chi connectivity index (χ1) is 13.4. The Morgan fingerprint density at radius 3 is 2.32 bits per heavy atom. The van der Waals surface area contributed by atoms with E-state index in [1.165, 1.54) is 5.69 Å². The summed E-state index contributed by atoms with van der Waals surface area (Å²) in [5.74, 6) is -0.00267. The number of rotatable bonds is 3. The lowest BCUT2D eigenvalue weighted by molar-refractivity contribution is 0.101. The van der Waals surface area contributed by atoms with E-state index in [-0.39, 0.29) is 11.3 Å². The van der Waals surface area contributed by atoms with Crippen LogP contribution in [0, 0.1) is 6.92 Å². The van der Waals surface area contributed by atoms with Gasteiger partial charge in [-0.2, -0.15) is 0 Å². The summed E-state index contributed by atoms with van der Waals surface area (Å²) < 4.78 is 0. The molecular formula is C23H25N3O2. The Bertz CT molecular complexity index is 1090. The smallest absolute Gasteiger partial charge is 0.256 e. The van der Waals surface area contributed by atoms with Gasteiger partial charge in [-0.25, -0.2) is 0 Å². The van der Waals surface area contributed by atoms with Crippen molar-refractivity contribution in [1.29, 1.82) is 0 Å². The number of hydrogen-bond donors (Lipinski definition) is 1. The van der Waals surface area contributed by atoms with Crippen LogP contribution in [-0.4, -0.2) is 48.9 Å². The number of carbonyl (C=O) groups excluding carboxylic acids is 1. The minimum atomic E-state index is -0.139. The third-order valence-electron chi connectivity index (χ3n) is 5.53. The number of Topliss-reactive ketones (excluding diaryl/α,β-unsaturated/α-hetero) is 1. The van der Waals surface area contributed by atoms with Gasteiger partial charge in [0.2, 0.25) is 0 Å². The zero-order valence-corrected chi connectivity index (χ0v) is 16.6. The summed E-state index contributed by atoms with van der Waals surface area (Å²) >= 11 is 0. The van der Waals surface area contributed by atoms with Crippen LogP contribution in [0.5, 0.6) is 0 Å². The highest BCUT2D eigenvalue weighted by atomic mass is 16.1. The molecule has 0 bridgehead atoms. The Labute approximate surface area is 164 Å². The number of nitrogens with one attached hydrogen (secondary N) is 1. The molecule has 4 rings (SSSR count). The fourth-order valence-electron chi connectivity index (χ4n) is 3.88. The van der Waals surface area contributed by atoms with E-state index in [0.717, 1.165) is 42.7 Å². The predicted octanol–water partition coefficient (Wildman–Crippen LogP) is 3.46. The van der Waals surface area contributed by atoms with E-state index in [0.29, 0.717) is 16.6 Å². The molecule has 0 aliphatic carbocycles. The molecule has 1 aliphatic heterocycles. The molecule has 1 aliphatic rings. The molecule has 0 unspecified atom stereocenters. The van der Waals surface area contributed by atoms with Crippen LogP contribution >= 0.6 is 0 Å². The molecule has 144 valence electrons. The molecule has 0 radical (unpaired) electrons. The van der Waals surface area contributed by atoms with Gasteiger partial charge in [0.05, 0.1) is 0 Å². The van der Waals surface area contributed by atoms with Gasteiger partial charge in [-0.3, -0.25) is 9.59 Å². The van der Waals surface area contributed by atoms with Gasteiger partial charge in [0.25, 0.3) is 5.56 Å². The largest absolute Gasteiger partial charge is 0.369 e. The summed E-state index contributed by atoms with van der Waals surface area (Å²) in [4.78, 5) is 32.4. The predicted molar refractivity (Wildman–Crippen MR) is 114 cm³/mol. The van der Waals surface area contributed by atoms with Crippen LogP contribution < -0.4 is 10.5 Å². The van der Waals surface area contributed by atoms with Crippen LogP contribution in [0.4, 0.5) is 5.69 Å². The Kier molecular flexibility index (Phi) is 4.77. The van der Waals surface area contributed by atoms with Gasteiger partial charge in [-0.05, 0) is 62.4 Å². The van der Waals surface area contributed by atoms with E-state index in [2.05, 4.69) is 34.0 Å². The minimum Gasteiger partial charge on any atom is -0.369 e. The zero-order valence-electron chi connectivity index (χ0n) is 16.6. The summed E-state index contributed by atoms with van der Waals surface area (Å²) in [6, 6.07) is 13.8. The third kappa shape index (κ3) is 3.45. The standard InChI is InChI=1S/C23H25N3O2/c1-15-12-19(16(2)27)21-14-20(23(28)24-22(21)13-15)17-4-6-18(7-5-17)26-10-8-25(3)9-11-26/h4-7,12-14H,8-11H2,1-3H3,(H,24,28). The average molecular weight is 375 g/mol. The summed E-state index contributed by atoms with van der Waals surface area (Å²) in [5.41, 5.74) is 4.78. The van der Waals surface area contributed by atoms with Gasteiger partial charge in [-0.1, -0.05) is 12.1 Å². The van der Waals surface area contributed by atoms with Crippen molar-refractivity contribution in [2.45, 2.75) is 13.8 Å². The fraction of sp³-hybridized carbons (Fsp3) is 0.304. The second-order valence-corrected chi connectivity index (χ2v) is 7.68. The van der Waals surface area contributed by atoms with Crippen molar-refractivity contribution >= 4 is 22.4 Å². The first-order valence-corrected chi connectivity index (χ1v) is 9.65. The summed E-state index contributed by atoms with van der Waals surface area (Å²) in [7, 11) is 2.14. The summed E-state index contributed by atoms with van der Waals surface area (Å²) in [6.45, 7) is 7.61. The average Bonchev–Trinajstić information content (AvgIpc) is 2.67. The number of nitrogens with zero attached hydrogens (tertiary/aromatic N) is 2. The molecule has 2 heterocycles. The van der Waals surface area contributed by atoms with Crippen LogP contribution in [-0.2, 0) is 0 Å². The molecule has 0 saturated carbocycles. The number of hydrogen-bond acceptors (Lipinski definition) is 4. The number of pyridine rings is 1. The van der Waals surface area contributed by atoms with Crippen molar-refractivity contribution in [3.8, 4) is 11.1 Å². The number of benzene rings is 2. The first kappa shape index (κ1) is 18.4. The first-order valence-electron chi connectivity index (χ1n) is 9.65. The van der Waals surface area contributed by atoms with Crippen LogP contribution in [0.3, 0.4) is 0 Å². The number of likely N-dealkylation sites (N-methyl/N-ethyl adjacent to an activating group) is 1. The minimum absolute atomic E-state index is 0.00267. The van der Waals surface area contributed by atoms with E-state index in [4.69, 9.17) is 0 Å². The highest BCUT2D eigenvalue weighted by molar-refractivity contribution is 6.07. The molecular weight excluding hydrogens is 350 g/mol. The molecule has 0 spiro atoms. The van der Waals surface area contributed by atoms with E-state index >= 15 is 0 Å². The molecule has 1 aromatic heterocycles. The highest BCUT2D eigenvalue weighted by Gasteiger charge is 2.15. The lowest BCUT2D eigenvalue weighted by Gasteiger charge is -2.34. The molecule has 1 N–H and O–H groups in total. The molecule has 3 aromatic rings. The monoisotopic (exact) mass is 375 g/mol. The van der Waals surface area contributed by atoms with Crippen molar-refractivity contribution in [2.75, 3.05) is 38.1 Å². The maximum atomic E-state index is 12.7. The second-order valence-electron chi connectivity index (χ2n) is 7.68. The molecule has 1 saturated heterocycles. The zero-order chi connectivity index (χ0) is 19.8. The topological polar surface area (TPSA) is 56.4 Å². The van der Waals surface area contributed by atoms with Gasteiger partial charge in [0.15, 0.2) is 5.78 Å².